The van der Waals surface area contributed by atoms with Crippen molar-refractivity contribution in [2.24, 2.45) is 0 Å². The number of pyridine rings is 1. The lowest BCUT2D eigenvalue weighted by atomic mass is 10.1. The van der Waals surface area contributed by atoms with Gasteiger partial charge in [-0.05, 0) is 66.6 Å². The molecule has 2 heterocycles. The first-order valence-corrected chi connectivity index (χ1v) is 13.5. The Hall–Kier alpha value is -4.70. The van der Waals surface area contributed by atoms with E-state index in [-0.39, 0.29) is 17.4 Å². The molecule has 7 nitrogen and oxygen atoms in total. The third-order valence-corrected chi connectivity index (χ3v) is 7.01. The fourth-order valence-corrected chi connectivity index (χ4v) is 4.60. The van der Waals surface area contributed by atoms with E-state index in [9.17, 15) is 22.8 Å². The maximum Gasteiger partial charge on any atom is 0.416 e. The Morgan fingerprint density at radius 3 is 2.10 bits per heavy atom. The molecular formula is C32H29F3N4O3. The summed E-state index contributed by atoms with van der Waals surface area (Å²) < 4.78 is 44.0. The van der Waals surface area contributed by atoms with E-state index in [1.165, 1.54) is 11.8 Å². The van der Waals surface area contributed by atoms with Gasteiger partial charge in [0.2, 0.25) is 5.88 Å². The normalized spacial score (nSPS) is 13.9. The van der Waals surface area contributed by atoms with Gasteiger partial charge in [-0.1, -0.05) is 30.3 Å². The number of hydrogen-bond donors (Lipinski definition) is 1. The van der Waals surface area contributed by atoms with Gasteiger partial charge >= 0.3 is 6.18 Å². The van der Waals surface area contributed by atoms with Gasteiger partial charge in [0.05, 0.1) is 17.4 Å². The number of aromatic nitrogens is 1. The smallest absolute Gasteiger partial charge is 0.416 e. The standard InChI is InChI=1S/C32H29F3N4O3/c33-32(34,35)26-10-6-24(7-11-26)30(40)37-27-12-15-29(36-22-27)42-28-13-8-25(9-14-28)31(41)39-20-18-38(19-21-39)17-16-23-4-2-1-3-5-23/h1-15,22H,16-21H2,(H,37,40). The molecule has 0 saturated carbocycles. The molecule has 1 N–H and O–H groups in total. The number of nitrogens with zero attached hydrogens (tertiary/aromatic N) is 3. The lowest BCUT2D eigenvalue weighted by molar-refractivity contribution is -0.137. The van der Waals surface area contributed by atoms with Crippen molar-refractivity contribution in [3.8, 4) is 11.6 Å². The Kier molecular flexibility index (Phi) is 8.83. The summed E-state index contributed by atoms with van der Waals surface area (Å²) in [6.07, 6.45) is -2.09. The molecule has 0 bridgehead atoms. The molecular weight excluding hydrogens is 545 g/mol. The van der Waals surface area contributed by atoms with Crippen LogP contribution >= 0.6 is 0 Å². The quantitative estimate of drug-likeness (QED) is 0.274. The van der Waals surface area contributed by atoms with Crippen molar-refractivity contribution in [1.29, 1.82) is 0 Å². The molecule has 4 aromatic rings. The van der Waals surface area contributed by atoms with E-state index in [1.54, 1.807) is 36.4 Å². The predicted molar refractivity (Wildman–Crippen MR) is 153 cm³/mol. The van der Waals surface area contributed by atoms with Crippen molar-refractivity contribution in [3.63, 3.8) is 0 Å². The zero-order chi connectivity index (χ0) is 29.5. The van der Waals surface area contributed by atoms with Crippen molar-refractivity contribution in [2.75, 3.05) is 38.0 Å². The van der Waals surface area contributed by atoms with Crippen molar-refractivity contribution >= 4 is 17.5 Å². The van der Waals surface area contributed by atoms with Crippen LogP contribution in [-0.4, -0.2) is 59.3 Å². The summed E-state index contributed by atoms with van der Waals surface area (Å²) >= 11 is 0. The molecule has 0 aliphatic carbocycles. The largest absolute Gasteiger partial charge is 0.439 e. The molecule has 10 heteroatoms. The van der Waals surface area contributed by atoms with Crippen LogP contribution in [0.2, 0.25) is 0 Å². The Morgan fingerprint density at radius 2 is 1.48 bits per heavy atom. The molecule has 1 aliphatic heterocycles. The van der Waals surface area contributed by atoms with Crippen LogP contribution in [-0.2, 0) is 12.6 Å². The average molecular weight is 575 g/mol. The SMILES string of the molecule is O=C(Nc1ccc(Oc2ccc(C(=O)N3CCN(CCc4ccccc4)CC3)cc2)nc1)c1ccc(C(F)(F)F)cc1. The van der Waals surface area contributed by atoms with Gasteiger partial charge in [0.1, 0.15) is 5.75 Å². The molecule has 0 spiro atoms. The summed E-state index contributed by atoms with van der Waals surface area (Å²) in [6, 6.07) is 24.3. The number of nitrogens with one attached hydrogen (secondary N) is 1. The number of ether oxygens (including phenoxy) is 1. The minimum Gasteiger partial charge on any atom is -0.439 e. The summed E-state index contributed by atoms with van der Waals surface area (Å²) in [5.41, 5.74) is 1.51. The second-order valence-electron chi connectivity index (χ2n) is 9.91. The molecule has 216 valence electrons. The topological polar surface area (TPSA) is 74.8 Å². The third-order valence-electron chi connectivity index (χ3n) is 7.01. The Bertz CT molecular complexity index is 1490. The molecule has 5 rings (SSSR count). The summed E-state index contributed by atoms with van der Waals surface area (Å²) in [5.74, 6) is 0.183. The average Bonchev–Trinajstić information content (AvgIpc) is 3.01. The number of amides is 2. The Balaban J connectivity index is 1.09. The van der Waals surface area contributed by atoms with E-state index < -0.39 is 17.6 Å². The summed E-state index contributed by atoms with van der Waals surface area (Å²) in [7, 11) is 0. The lowest BCUT2D eigenvalue weighted by Crippen LogP contribution is -2.49. The summed E-state index contributed by atoms with van der Waals surface area (Å²) in [6.45, 7) is 4.01. The molecule has 3 aromatic carbocycles. The number of piperazine rings is 1. The van der Waals surface area contributed by atoms with E-state index in [1.807, 2.05) is 23.1 Å². The van der Waals surface area contributed by atoms with E-state index in [0.29, 0.717) is 30.1 Å². The first kappa shape index (κ1) is 28.8. The molecule has 42 heavy (non-hydrogen) atoms. The molecule has 1 fully saturated rings. The lowest BCUT2D eigenvalue weighted by Gasteiger charge is -2.34. The zero-order valence-electron chi connectivity index (χ0n) is 22.7. The number of rotatable bonds is 8. The molecule has 2 amide bonds. The van der Waals surface area contributed by atoms with Crippen LogP contribution in [0.4, 0.5) is 18.9 Å². The Morgan fingerprint density at radius 1 is 0.810 bits per heavy atom. The van der Waals surface area contributed by atoms with E-state index in [4.69, 9.17) is 4.74 Å². The highest BCUT2D eigenvalue weighted by Crippen LogP contribution is 2.29. The van der Waals surface area contributed by atoms with Crippen LogP contribution in [0.5, 0.6) is 11.6 Å². The Labute approximate surface area is 241 Å². The highest BCUT2D eigenvalue weighted by Gasteiger charge is 2.30. The number of carbonyl (C=O) groups is 2. The van der Waals surface area contributed by atoms with Crippen molar-refractivity contribution in [3.05, 3.63) is 119 Å². The molecule has 0 unspecified atom stereocenters. The third kappa shape index (κ3) is 7.52. The zero-order valence-corrected chi connectivity index (χ0v) is 22.7. The maximum absolute atomic E-state index is 13.0. The number of hydrogen-bond acceptors (Lipinski definition) is 5. The van der Waals surface area contributed by atoms with Gasteiger partial charge in [0, 0.05) is 49.9 Å². The first-order valence-electron chi connectivity index (χ1n) is 13.5. The van der Waals surface area contributed by atoms with Gasteiger partial charge in [-0.2, -0.15) is 13.2 Å². The second kappa shape index (κ2) is 12.9. The highest BCUT2D eigenvalue weighted by atomic mass is 19.4. The molecule has 1 saturated heterocycles. The summed E-state index contributed by atoms with van der Waals surface area (Å²) in [4.78, 5) is 33.8. The van der Waals surface area contributed by atoms with Crippen LogP contribution in [0.3, 0.4) is 0 Å². The van der Waals surface area contributed by atoms with Crippen LogP contribution in [0, 0.1) is 0 Å². The van der Waals surface area contributed by atoms with Crippen LogP contribution < -0.4 is 10.1 Å². The number of benzene rings is 3. The monoisotopic (exact) mass is 574 g/mol. The summed E-state index contributed by atoms with van der Waals surface area (Å²) in [5, 5.41) is 2.59. The van der Waals surface area contributed by atoms with Gasteiger partial charge in [0.25, 0.3) is 11.8 Å². The van der Waals surface area contributed by atoms with Gasteiger partial charge < -0.3 is 15.0 Å². The number of halogens is 3. The highest BCUT2D eigenvalue weighted by molar-refractivity contribution is 6.04. The van der Waals surface area contributed by atoms with E-state index >= 15 is 0 Å². The predicted octanol–water partition coefficient (Wildman–Crippen LogP) is 6.15. The van der Waals surface area contributed by atoms with Crippen LogP contribution in [0.25, 0.3) is 0 Å². The molecule has 1 aliphatic rings. The van der Waals surface area contributed by atoms with E-state index in [0.717, 1.165) is 50.3 Å². The van der Waals surface area contributed by atoms with Crippen LogP contribution in [0.1, 0.15) is 31.8 Å². The molecule has 0 radical (unpaired) electrons. The van der Waals surface area contributed by atoms with E-state index in [2.05, 4.69) is 27.3 Å². The minimum atomic E-state index is -4.47. The number of carbonyl (C=O) groups excluding carboxylic acids is 2. The second-order valence-corrected chi connectivity index (χ2v) is 9.91. The fraction of sp³-hybridized carbons (Fsp3) is 0.219. The van der Waals surface area contributed by atoms with Gasteiger partial charge in [0.15, 0.2) is 0 Å². The van der Waals surface area contributed by atoms with Gasteiger partial charge in [-0.15, -0.1) is 0 Å². The fourth-order valence-electron chi connectivity index (χ4n) is 4.60. The first-order chi connectivity index (χ1) is 20.2. The van der Waals surface area contributed by atoms with Gasteiger partial charge in [-0.25, -0.2) is 4.98 Å². The molecule has 1 aromatic heterocycles. The molecule has 0 atom stereocenters. The number of alkyl halides is 3. The van der Waals surface area contributed by atoms with Gasteiger partial charge in [-0.3, -0.25) is 14.5 Å². The minimum absolute atomic E-state index is 0.0180. The number of anilines is 1. The van der Waals surface area contributed by atoms with Crippen LogP contribution in [0.15, 0.2) is 97.2 Å². The van der Waals surface area contributed by atoms with Crippen molar-refractivity contribution < 1.29 is 27.5 Å². The maximum atomic E-state index is 13.0. The van der Waals surface area contributed by atoms with Crippen molar-refractivity contribution in [1.82, 2.24) is 14.8 Å². The van der Waals surface area contributed by atoms with Crippen molar-refractivity contribution in [2.45, 2.75) is 12.6 Å².